The summed E-state index contributed by atoms with van der Waals surface area (Å²) < 4.78 is 19.2. The van der Waals surface area contributed by atoms with Crippen molar-refractivity contribution in [3.8, 4) is 0 Å². The van der Waals surface area contributed by atoms with Gasteiger partial charge < -0.3 is 19.0 Å². The van der Waals surface area contributed by atoms with Crippen molar-refractivity contribution < 1.29 is 28.6 Å². The molecule has 42 heavy (non-hydrogen) atoms. The van der Waals surface area contributed by atoms with Crippen molar-refractivity contribution in [2.75, 3.05) is 0 Å². The number of benzene rings is 1. The summed E-state index contributed by atoms with van der Waals surface area (Å²) in [6.45, 7) is 23.9. The van der Waals surface area contributed by atoms with Crippen LogP contribution in [0.5, 0.6) is 0 Å². The van der Waals surface area contributed by atoms with Crippen molar-refractivity contribution in [3.05, 3.63) is 47.7 Å². The lowest BCUT2D eigenvalue weighted by atomic mass is 9.89. The molecule has 7 nitrogen and oxygen atoms in total. The maximum absolute atomic E-state index is 12.2. The maximum Gasteiger partial charge on any atom is 0.412 e. The van der Waals surface area contributed by atoms with Gasteiger partial charge >= 0.3 is 12.1 Å². The molecule has 0 saturated heterocycles. The predicted octanol–water partition coefficient (Wildman–Crippen LogP) is 9.23. The third-order valence-electron chi connectivity index (χ3n) is 7.98. The van der Waals surface area contributed by atoms with Crippen LogP contribution in [0, 0.1) is 5.92 Å². The maximum atomic E-state index is 12.2. The van der Waals surface area contributed by atoms with Crippen LogP contribution in [0.4, 0.5) is 4.79 Å². The Morgan fingerprint density at radius 2 is 1.52 bits per heavy atom. The number of carbonyl (C=O) groups excluding carboxylic acids is 1. The van der Waals surface area contributed by atoms with Gasteiger partial charge in [-0.05, 0) is 81.5 Å². The molecule has 1 amide bonds. The first kappa shape index (κ1) is 37.9. The largest absolute Gasteiger partial charge is 0.477 e. The summed E-state index contributed by atoms with van der Waals surface area (Å²) in [6, 6.07) is 10.2. The van der Waals surface area contributed by atoms with E-state index in [0.717, 1.165) is 31.2 Å². The van der Waals surface area contributed by atoms with Crippen LogP contribution < -0.4 is 5.32 Å². The number of carboxylic acids is 1. The Morgan fingerprint density at radius 1 is 0.952 bits per heavy atom. The lowest BCUT2D eigenvalue weighted by Crippen LogP contribution is -2.54. The monoisotopic (exact) mass is 605 g/mol. The molecule has 0 spiro atoms. The van der Waals surface area contributed by atoms with Crippen LogP contribution in [0.15, 0.2) is 42.1 Å². The first-order valence-electron chi connectivity index (χ1n) is 15.8. The fourth-order valence-electron chi connectivity index (χ4n) is 6.19. The van der Waals surface area contributed by atoms with Gasteiger partial charge in [-0.3, -0.25) is 5.32 Å². The number of amides is 1. The SMILES string of the molecule is CCCC(CCC/C=C(\NC(=O)OC(C)(C)C)C(=O)O)C(O[Si](C(C)C)(C(C)C)C(C)C)C(C)OCc1ccccc1. The van der Waals surface area contributed by atoms with Gasteiger partial charge in [0.05, 0.1) is 18.8 Å². The number of ether oxygens (including phenoxy) is 2. The molecule has 0 heterocycles. The molecule has 0 aliphatic rings. The topological polar surface area (TPSA) is 94.1 Å². The highest BCUT2D eigenvalue weighted by molar-refractivity contribution is 6.77. The molecule has 0 aliphatic carbocycles. The van der Waals surface area contributed by atoms with E-state index in [4.69, 9.17) is 13.9 Å². The summed E-state index contributed by atoms with van der Waals surface area (Å²) in [5, 5.41) is 12.0. The number of hydrogen-bond donors (Lipinski definition) is 2. The van der Waals surface area contributed by atoms with Gasteiger partial charge in [0.15, 0.2) is 0 Å². The Morgan fingerprint density at radius 3 is 2.00 bits per heavy atom. The molecule has 3 unspecified atom stereocenters. The van der Waals surface area contributed by atoms with Gasteiger partial charge in [-0.2, -0.15) is 0 Å². The Balaban J connectivity index is 3.21. The quantitative estimate of drug-likeness (QED) is 0.0984. The van der Waals surface area contributed by atoms with Crippen molar-refractivity contribution in [2.24, 2.45) is 5.92 Å². The second kappa shape index (κ2) is 17.8. The highest BCUT2D eigenvalue weighted by atomic mass is 28.4. The normalized spacial score (nSPS) is 15.1. The zero-order chi connectivity index (χ0) is 32.1. The summed E-state index contributed by atoms with van der Waals surface area (Å²) in [6.07, 6.45) is 4.80. The molecule has 1 rings (SSSR count). The molecule has 0 aromatic heterocycles. The van der Waals surface area contributed by atoms with Gasteiger partial charge in [0.2, 0.25) is 8.32 Å². The average Bonchev–Trinajstić information content (AvgIpc) is 2.88. The number of carboxylic acid groups (broad SMARTS) is 1. The highest BCUT2D eigenvalue weighted by Crippen LogP contribution is 2.45. The molecule has 2 N–H and O–H groups in total. The predicted molar refractivity (Wildman–Crippen MR) is 174 cm³/mol. The fourth-order valence-corrected chi connectivity index (χ4v) is 11.9. The van der Waals surface area contributed by atoms with Crippen molar-refractivity contribution in [1.29, 1.82) is 0 Å². The molecule has 0 fully saturated rings. The van der Waals surface area contributed by atoms with Crippen LogP contribution in [0.2, 0.25) is 16.6 Å². The molecule has 240 valence electrons. The first-order chi connectivity index (χ1) is 19.5. The molecular formula is C34H59NO6Si. The van der Waals surface area contributed by atoms with Crippen LogP contribution >= 0.6 is 0 Å². The smallest absolute Gasteiger partial charge is 0.412 e. The number of alkyl carbamates (subject to hydrolysis) is 1. The van der Waals surface area contributed by atoms with Gasteiger partial charge in [0.1, 0.15) is 11.3 Å². The van der Waals surface area contributed by atoms with Crippen molar-refractivity contribution >= 4 is 20.4 Å². The van der Waals surface area contributed by atoms with E-state index in [1.54, 1.807) is 26.8 Å². The zero-order valence-electron chi connectivity index (χ0n) is 28.2. The van der Waals surface area contributed by atoms with Crippen LogP contribution in [0.1, 0.15) is 114 Å². The van der Waals surface area contributed by atoms with Gasteiger partial charge in [-0.25, -0.2) is 9.59 Å². The van der Waals surface area contributed by atoms with Crippen molar-refractivity contribution in [1.82, 2.24) is 5.32 Å². The van der Waals surface area contributed by atoms with Gasteiger partial charge in [0, 0.05) is 0 Å². The van der Waals surface area contributed by atoms with E-state index in [9.17, 15) is 14.7 Å². The van der Waals surface area contributed by atoms with E-state index in [2.05, 4.69) is 72.8 Å². The average molecular weight is 606 g/mol. The lowest BCUT2D eigenvalue weighted by molar-refractivity contribution is -0.133. The number of unbranched alkanes of at least 4 members (excludes halogenated alkanes) is 1. The number of nitrogens with one attached hydrogen (secondary N) is 1. The summed E-state index contributed by atoms with van der Waals surface area (Å²) in [7, 11) is -2.20. The van der Waals surface area contributed by atoms with E-state index >= 15 is 0 Å². The van der Waals surface area contributed by atoms with Crippen molar-refractivity contribution in [2.45, 2.75) is 149 Å². The minimum Gasteiger partial charge on any atom is -0.477 e. The summed E-state index contributed by atoms with van der Waals surface area (Å²) >= 11 is 0. The Hall–Kier alpha value is -2.16. The minimum atomic E-state index is -2.20. The Labute approximate surface area is 256 Å². The van der Waals surface area contributed by atoms with Gasteiger partial charge in [-0.15, -0.1) is 0 Å². The Bertz CT molecular complexity index is 948. The number of carbonyl (C=O) groups is 2. The van der Waals surface area contributed by atoms with Gasteiger partial charge in [-0.1, -0.05) is 91.3 Å². The molecule has 1 aromatic rings. The molecule has 0 aliphatic heterocycles. The Kier molecular flexibility index (Phi) is 16.1. The summed E-state index contributed by atoms with van der Waals surface area (Å²) in [5.74, 6) is -0.930. The summed E-state index contributed by atoms with van der Waals surface area (Å²) in [5.41, 5.74) is 1.61. The minimum absolute atomic E-state index is 0.0738. The molecule has 3 atom stereocenters. The lowest BCUT2D eigenvalue weighted by Gasteiger charge is -2.47. The molecule has 0 bridgehead atoms. The van der Waals surface area contributed by atoms with Gasteiger partial charge in [0.25, 0.3) is 0 Å². The second-order valence-electron chi connectivity index (χ2n) is 13.4. The van der Waals surface area contributed by atoms with Crippen LogP contribution in [-0.2, 0) is 25.3 Å². The van der Waals surface area contributed by atoms with E-state index < -0.39 is 26.0 Å². The van der Waals surface area contributed by atoms with Crippen LogP contribution in [-0.4, -0.2) is 43.3 Å². The standard InChI is InChI=1S/C34H59NO6Si/c1-12-18-29(21-16-17-22-30(32(36)37)35-33(38)40-34(9,10)11)31(27(8)39-23-28-19-14-13-15-20-28)41-42(24(2)3,25(4)5)26(6)7/h13-15,19-20,22,24-27,29,31H,12,16-18,21,23H2,1-11H3,(H,35,38)(H,36,37)/b30-22-. The molecular weight excluding hydrogens is 546 g/mol. The highest BCUT2D eigenvalue weighted by Gasteiger charge is 2.48. The number of allylic oxidation sites excluding steroid dienone is 1. The van der Waals surface area contributed by atoms with Crippen LogP contribution in [0.25, 0.3) is 0 Å². The van der Waals surface area contributed by atoms with E-state index in [0.29, 0.717) is 29.7 Å². The second-order valence-corrected chi connectivity index (χ2v) is 18.8. The van der Waals surface area contributed by atoms with E-state index in [1.165, 1.54) is 0 Å². The number of aliphatic carboxylic acids is 1. The zero-order valence-corrected chi connectivity index (χ0v) is 29.2. The third-order valence-corrected chi connectivity index (χ3v) is 14.1. The number of rotatable bonds is 18. The third kappa shape index (κ3) is 12.2. The molecule has 1 aromatic carbocycles. The molecule has 8 heteroatoms. The van der Waals surface area contributed by atoms with E-state index in [-0.39, 0.29) is 23.8 Å². The first-order valence-corrected chi connectivity index (χ1v) is 18.0. The van der Waals surface area contributed by atoms with E-state index in [1.807, 2.05) is 18.2 Å². The fraction of sp³-hybridized carbons (Fsp3) is 0.706. The number of hydrogen-bond acceptors (Lipinski definition) is 5. The summed E-state index contributed by atoms with van der Waals surface area (Å²) in [4.78, 5) is 24.0. The molecule has 0 radical (unpaired) electrons. The molecule has 0 saturated carbocycles. The van der Waals surface area contributed by atoms with Crippen LogP contribution in [0.3, 0.4) is 0 Å². The van der Waals surface area contributed by atoms with Crippen molar-refractivity contribution in [3.63, 3.8) is 0 Å².